The van der Waals surface area contributed by atoms with Gasteiger partial charge in [-0.2, -0.15) is 0 Å². The molecule has 1 aliphatic rings. The van der Waals surface area contributed by atoms with E-state index in [1.54, 1.807) is 26.0 Å². The maximum absolute atomic E-state index is 13.0. The number of para-hydroxylation sites is 1. The molecule has 28 heavy (non-hydrogen) atoms. The Morgan fingerprint density at radius 2 is 1.71 bits per heavy atom. The number of hydrogen-bond donors (Lipinski definition) is 0. The van der Waals surface area contributed by atoms with E-state index in [2.05, 4.69) is 0 Å². The molecule has 1 aromatic heterocycles. The predicted molar refractivity (Wildman–Crippen MR) is 112 cm³/mol. The van der Waals surface area contributed by atoms with Gasteiger partial charge in [0.1, 0.15) is 16.9 Å². The average molecular weight is 394 g/mol. The predicted octanol–water partition coefficient (Wildman–Crippen LogP) is 4.41. The standard InChI is InChI=1S/C22H22N2O3S/c1-14-21(25)24(13-16-12-11-15-7-4-5-8-17(15)23-16)22(28-14)20-18(26-2)9-6-10-19(20)27-3/h4-12,14,22H,13H2,1-3H3. The minimum absolute atomic E-state index is 0.0953. The molecule has 2 aromatic carbocycles. The van der Waals surface area contributed by atoms with Gasteiger partial charge in [-0.25, -0.2) is 0 Å². The fourth-order valence-electron chi connectivity index (χ4n) is 3.55. The van der Waals surface area contributed by atoms with E-state index in [1.807, 2.05) is 66.4 Å². The minimum Gasteiger partial charge on any atom is -0.496 e. The molecule has 0 bridgehead atoms. The quantitative estimate of drug-likeness (QED) is 0.641. The number of carbonyl (C=O) groups is 1. The van der Waals surface area contributed by atoms with Gasteiger partial charge in [-0.3, -0.25) is 9.78 Å². The van der Waals surface area contributed by atoms with Crippen LogP contribution in [-0.4, -0.2) is 35.3 Å². The summed E-state index contributed by atoms with van der Waals surface area (Å²) in [6.45, 7) is 2.38. The van der Waals surface area contributed by atoms with Gasteiger partial charge in [0.15, 0.2) is 0 Å². The minimum atomic E-state index is -0.193. The number of pyridine rings is 1. The zero-order valence-corrected chi connectivity index (χ0v) is 16.9. The number of ether oxygens (including phenoxy) is 2. The van der Waals surface area contributed by atoms with E-state index in [0.717, 1.165) is 33.7 Å². The summed E-state index contributed by atoms with van der Waals surface area (Å²) in [4.78, 5) is 19.6. The number of hydrogen-bond acceptors (Lipinski definition) is 5. The van der Waals surface area contributed by atoms with Crippen molar-refractivity contribution in [3.05, 3.63) is 65.9 Å². The van der Waals surface area contributed by atoms with E-state index >= 15 is 0 Å². The number of carbonyl (C=O) groups excluding carboxylic acids is 1. The summed E-state index contributed by atoms with van der Waals surface area (Å²) in [5.74, 6) is 1.53. The summed E-state index contributed by atoms with van der Waals surface area (Å²) in [6.07, 6.45) is 0. The Morgan fingerprint density at radius 1 is 1.00 bits per heavy atom. The fourth-order valence-corrected chi connectivity index (χ4v) is 4.89. The third kappa shape index (κ3) is 3.29. The molecule has 0 spiro atoms. The van der Waals surface area contributed by atoms with Crippen LogP contribution in [0.5, 0.6) is 11.5 Å². The molecule has 144 valence electrons. The van der Waals surface area contributed by atoms with Gasteiger partial charge in [0, 0.05) is 5.39 Å². The van der Waals surface area contributed by atoms with E-state index in [0.29, 0.717) is 6.54 Å². The van der Waals surface area contributed by atoms with E-state index in [1.165, 1.54) is 0 Å². The molecule has 4 rings (SSSR count). The molecule has 2 unspecified atom stereocenters. The molecular formula is C22H22N2O3S. The Balaban J connectivity index is 1.73. The van der Waals surface area contributed by atoms with Crippen molar-refractivity contribution in [1.29, 1.82) is 0 Å². The Kier molecular flexibility index (Phi) is 5.13. The van der Waals surface area contributed by atoms with Crippen molar-refractivity contribution in [2.45, 2.75) is 24.1 Å². The molecular weight excluding hydrogens is 372 g/mol. The highest BCUT2D eigenvalue weighted by atomic mass is 32.2. The summed E-state index contributed by atoms with van der Waals surface area (Å²) < 4.78 is 11.2. The van der Waals surface area contributed by atoms with Crippen LogP contribution in [0.15, 0.2) is 54.6 Å². The molecule has 1 fully saturated rings. The van der Waals surface area contributed by atoms with Crippen LogP contribution in [0.2, 0.25) is 0 Å². The monoisotopic (exact) mass is 394 g/mol. The van der Waals surface area contributed by atoms with Crippen LogP contribution in [0.25, 0.3) is 10.9 Å². The number of nitrogens with zero attached hydrogens (tertiary/aromatic N) is 2. The summed E-state index contributed by atoms with van der Waals surface area (Å²) in [6, 6.07) is 17.7. The van der Waals surface area contributed by atoms with Crippen molar-refractivity contribution >= 4 is 28.6 Å². The smallest absolute Gasteiger partial charge is 0.237 e. The van der Waals surface area contributed by atoms with Crippen molar-refractivity contribution in [3.8, 4) is 11.5 Å². The van der Waals surface area contributed by atoms with Gasteiger partial charge in [-0.15, -0.1) is 11.8 Å². The van der Waals surface area contributed by atoms with Gasteiger partial charge in [0.25, 0.3) is 0 Å². The average Bonchev–Trinajstić information content (AvgIpc) is 3.01. The highest BCUT2D eigenvalue weighted by Crippen LogP contribution is 2.49. The molecule has 5 nitrogen and oxygen atoms in total. The summed E-state index contributed by atoms with van der Waals surface area (Å²) in [5, 5.41) is 0.756. The second-order valence-corrected chi connectivity index (χ2v) is 8.09. The second kappa shape index (κ2) is 7.72. The first kappa shape index (κ1) is 18.6. The summed E-state index contributed by atoms with van der Waals surface area (Å²) in [5.41, 5.74) is 2.68. The number of fused-ring (bicyclic) bond motifs is 1. The number of methoxy groups -OCH3 is 2. The highest BCUT2D eigenvalue weighted by molar-refractivity contribution is 8.01. The molecule has 0 saturated carbocycles. The number of rotatable bonds is 5. The number of aromatic nitrogens is 1. The lowest BCUT2D eigenvalue weighted by molar-refractivity contribution is -0.130. The maximum atomic E-state index is 13.0. The van der Waals surface area contributed by atoms with Crippen LogP contribution in [0.3, 0.4) is 0 Å². The molecule has 1 amide bonds. The van der Waals surface area contributed by atoms with Gasteiger partial charge in [-0.1, -0.05) is 30.3 Å². The number of amides is 1. The SMILES string of the molecule is COc1cccc(OC)c1C1SC(C)C(=O)N1Cc1ccc2ccccc2n1. The molecule has 6 heteroatoms. The van der Waals surface area contributed by atoms with Gasteiger partial charge in [0.05, 0.1) is 42.8 Å². The van der Waals surface area contributed by atoms with Gasteiger partial charge < -0.3 is 14.4 Å². The van der Waals surface area contributed by atoms with Gasteiger partial charge in [0.2, 0.25) is 5.91 Å². The van der Waals surface area contributed by atoms with Crippen LogP contribution in [-0.2, 0) is 11.3 Å². The van der Waals surface area contributed by atoms with Crippen molar-refractivity contribution in [2.75, 3.05) is 14.2 Å². The summed E-state index contributed by atoms with van der Waals surface area (Å²) in [7, 11) is 3.27. The van der Waals surface area contributed by atoms with Crippen molar-refractivity contribution in [2.24, 2.45) is 0 Å². The van der Waals surface area contributed by atoms with Crippen LogP contribution in [0.4, 0.5) is 0 Å². The molecule has 1 aliphatic heterocycles. The Hall–Kier alpha value is -2.73. The number of thioether (sulfide) groups is 1. The first-order valence-corrected chi connectivity index (χ1v) is 10.1. The zero-order chi connectivity index (χ0) is 19.7. The van der Waals surface area contributed by atoms with Crippen LogP contribution >= 0.6 is 11.8 Å². The lowest BCUT2D eigenvalue weighted by Gasteiger charge is -2.26. The van der Waals surface area contributed by atoms with E-state index in [4.69, 9.17) is 14.5 Å². The first-order chi connectivity index (χ1) is 13.6. The van der Waals surface area contributed by atoms with Crippen LogP contribution in [0, 0.1) is 0 Å². The largest absolute Gasteiger partial charge is 0.496 e. The second-order valence-electron chi connectivity index (χ2n) is 6.67. The van der Waals surface area contributed by atoms with Gasteiger partial charge in [-0.05, 0) is 31.2 Å². The number of benzene rings is 2. The van der Waals surface area contributed by atoms with E-state index in [-0.39, 0.29) is 16.5 Å². The first-order valence-electron chi connectivity index (χ1n) is 9.14. The topological polar surface area (TPSA) is 51.7 Å². The summed E-state index contributed by atoms with van der Waals surface area (Å²) >= 11 is 1.61. The molecule has 2 heterocycles. The molecule has 0 N–H and O–H groups in total. The fraction of sp³-hybridized carbons (Fsp3) is 0.273. The van der Waals surface area contributed by atoms with E-state index in [9.17, 15) is 4.79 Å². The van der Waals surface area contributed by atoms with Crippen molar-refractivity contribution < 1.29 is 14.3 Å². The Morgan fingerprint density at radius 3 is 2.43 bits per heavy atom. The molecule has 0 radical (unpaired) electrons. The Bertz CT molecular complexity index is 1000. The normalized spacial score (nSPS) is 19.2. The zero-order valence-electron chi connectivity index (χ0n) is 16.1. The third-order valence-corrected chi connectivity index (χ3v) is 6.31. The molecule has 3 aromatic rings. The lowest BCUT2D eigenvalue weighted by Crippen LogP contribution is -2.30. The highest BCUT2D eigenvalue weighted by Gasteiger charge is 2.41. The van der Waals surface area contributed by atoms with Crippen LogP contribution in [0.1, 0.15) is 23.6 Å². The Labute approximate surface area is 168 Å². The third-order valence-electron chi connectivity index (χ3n) is 4.95. The molecule has 1 saturated heterocycles. The van der Waals surface area contributed by atoms with Gasteiger partial charge >= 0.3 is 0 Å². The molecule has 0 aliphatic carbocycles. The molecule has 2 atom stereocenters. The van der Waals surface area contributed by atoms with Crippen molar-refractivity contribution in [1.82, 2.24) is 9.88 Å². The van der Waals surface area contributed by atoms with E-state index < -0.39 is 0 Å². The maximum Gasteiger partial charge on any atom is 0.237 e. The van der Waals surface area contributed by atoms with Crippen LogP contribution < -0.4 is 9.47 Å². The van der Waals surface area contributed by atoms with Crippen molar-refractivity contribution in [3.63, 3.8) is 0 Å². The lowest BCUT2D eigenvalue weighted by atomic mass is 10.1.